The van der Waals surface area contributed by atoms with Gasteiger partial charge in [-0.25, -0.2) is 0 Å². The van der Waals surface area contributed by atoms with Crippen molar-refractivity contribution in [1.29, 1.82) is 0 Å². The Kier molecular flexibility index (Phi) is 16.4. The highest BCUT2D eigenvalue weighted by Crippen LogP contribution is 2.12. The average Bonchev–Trinajstić information content (AvgIpc) is 2.35. The van der Waals surface area contributed by atoms with Crippen molar-refractivity contribution < 1.29 is 0 Å². The molecule has 0 aromatic carbocycles. The molecule has 0 rings (SSSR count). The summed E-state index contributed by atoms with van der Waals surface area (Å²) in [6.07, 6.45) is 19.3. The Morgan fingerprint density at radius 1 is 0.529 bits per heavy atom. The molecule has 0 saturated heterocycles. The SMILES string of the molecule is CCCCCCCCCCCCCCC[SiH2]C. The van der Waals surface area contributed by atoms with Crippen molar-refractivity contribution in [3.8, 4) is 0 Å². The molecule has 17 heavy (non-hydrogen) atoms. The van der Waals surface area contributed by atoms with Crippen LogP contribution in [0.3, 0.4) is 0 Å². The summed E-state index contributed by atoms with van der Waals surface area (Å²) in [6.45, 7) is 4.73. The summed E-state index contributed by atoms with van der Waals surface area (Å²) in [4.78, 5) is 0. The topological polar surface area (TPSA) is 0 Å². The smallest absolute Gasteiger partial charge is 0.0166 e. The average molecular weight is 257 g/mol. The van der Waals surface area contributed by atoms with Crippen LogP contribution in [0.5, 0.6) is 0 Å². The number of unbranched alkanes of at least 4 members (excludes halogenated alkanes) is 12. The molecular formula is C16H36Si. The fourth-order valence-corrected chi connectivity index (χ4v) is 3.30. The van der Waals surface area contributed by atoms with Gasteiger partial charge in [0.25, 0.3) is 0 Å². The number of rotatable bonds is 14. The summed E-state index contributed by atoms with van der Waals surface area (Å²) in [5.41, 5.74) is 0. The molecule has 0 fully saturated rings. The van der Waals surface area contributed by atoms with Gasteiger partial charge in [0.2, 0.25) is 0 Å². The highest BCUT2D eigenvalue weighted by Gasteiger charge is 1.93. The van der Waals surface area contributed by atoms with Gasteiger partial charge in [0.15, 0.2) is 0 Å². The predicted molar refractivity (Wildman–Crippen MR) is 84.9 cm³/mol. The van der Waals surface area contributed by atoms with E-state index in [2.05, 4.69) is 13.5 Å². The molecule has 104 valence electrons. The molecule has 0 amide bonds. The molecule has 0 N–H and O–H groups in total. The second-order valence-corrected chi connectivity index (χ2v) is 7.30. The molecule has 0 aliphatic rings. The van der Waals surface area contributed by atoms with Gasteiger partial charge >= 0.3 is 0 Å². The van der Waals surface area contributed by atoms with E-state index in [1.807, 2.05) is 0 Å². The first kappa shape index (κ1) is 17.2. The second-order valence-electron chi connectivity index (χ2n) is 5.60. The molecule has 0 atom stereocenters. The first-order valence-electron chi connectivity index (χ1n) is 8.41. The third-order valence-corrected chi connectivity index (χ3v) is 4.91. The zero-order valence-corrected chi connectivity index (χ0v) is 14.0. The van der Waals surface area contributed by atoms with Crippen LogP contribution in [0.1, 0.15) is 90.4 Å². The minimum Gasteiger partial charge on any atom is -0.0748 e. The van der Waals surface area contributed by atoms with Gasteiger partial charge in [0.05, 0.1) is 0 Å². The van der Waals surface area contributed by atoms with E-state index in [9.17, 15) is 0 Å². The molecule has 0 unspecified atom stereocenters. The molecular weight excluding hydrogens is 220 g/mol. The van der Waals surface area contributed by atoms with Crippen LogP contribution in [0, 0.1) is 0 Å². The molecule has 0 saturated carbocycles. The van der Waals surface area contributed by atoms with Gasteiger partial charge in [-0.3, -0.25) is 0 Å². The van der Waals surface area contributed by atoms with Crippen LogP contribution in [0.15, 0.2) is 0 Å². The molecule has 0 bridgehead atoms. The van der Waals surface area contributed by atoms with Gasteiger partial charge in [-0.2, -0.15) is 0 Å². The van der Waals surface area contributed by atoms with E-state index in [0.29, 0.717) is 9.52 Å². The van der Waals surface area contributed by atoms with Gasteiger partial charge in [0, 0.05) is 9.52 Å². The molecule has 0 radical (unpaired) electrons. The highest BCUT2D eigenvalue weighted by atomic mass is 28.2. The second kappa shape index (κ2) is 16.2. The fraction of sp³-hybridized carbons (Fsp3) is 1.00. The molecule has 0 aromatic heterocycles. The van der Waals surface area contributed by atoms with Crippen LogP contribution in [-0.4, -0.2) is 9.52 Å². The van der Waals surface area contributed by atoms with E-state index in [0.717, 1.165) is 0 Å². The van der Waals surface area contributed by atoms with Crippen LogP contribution in [0.4, 0.5) is 0 Å². The number of hydrogen-bond acceptors (Lipinski definition) is 0. The molecule has 0 aliphatic carbocycles. The minimum atomic E-state index is 0.354. The van der Waals surface area contributed by atoms with Gasteiger partial charge in [-0.05, 0) is 0 Å². The number of hydrogen-bond donors (Lipinski definition) is 0. The van der Waals surface area contributed by atoms with Crippen molar-refractivity contribution in [2.75, 3.05) is 0 Å². The van der Waals surface area contributed by atoms with Gasteiger partial charge in [-0.15, -0.1) is 0 Å². The molecule has 0 heterocycles. The lowest BCUT2D eigenvalue weighted by molar-refractivity contribution is 0.542. The first-order valence-corrected chi connectivity index (χ1v) is 10.8. The highest BCUT2D eigenvalue weighted by molar-refractivity contribution is 6.33. The molecule has 0 aromatic rings. The Balaban J connectivity index is 2.85. The van der Waals surface area contributed by atoms with Crippen LogP contribution < -0.4 is 0 Å². The zero-order valence-electron chi connectivity index (χ0n) is 12.6. The monoisotopic (exact) mass is 256 g/mol. The zero-order chi connectivity index (χ0) is 12.6. The Bertz CT molecular complexity index is 109. The van der Waals surface area contributed by atoms with Crippen molar-refractivity contribution >= 4 is 9.52 Å². The fourth-order valence-electron chi connectivity index (χ4n) is 2.44. The van der Waals surface area contributed by atoms with Crippen LogP contribution in [-0.2, 0) is 0 Å². The van der Waals surface area contributed by atoms with E-state index in [1.165, 1.54) is 83.5 Å². The normalized spacial score (nSPS) is 11.6. The summed E-state index contributed by atoms with van der Waals surface area (Å²) >= 11 is 0. The van der Waals surface area contributed by atoms with Crippen molar-refractivity contribution in [1.82, 2.24) is 0 Å². The van der Waals surface area contributed by atoms with Crippen LogP contribution in [0.25, 0.3) is 0 Å². The largest absolute Gasteiger partial charge is 0.0748 e. The summed E-state index contributed by atoms with van der Waals surface area (Å²) in [7, 11) is 0.354. The maximum absolute atomic E-state index is 2.43. The Morgan fingerprint density at radius 3 is 1.24 bits per heavy atom. The standard InChI is InChI=1S/C16H36Si/c1-3-4-5-6-7-8-9-10-11-12-13-14-15-16-17-2/h3-17H2,1-2H3. The molecule has 0 aliphatic heterocycles. The molecule has 0 nitrogen and oxygen atoms in total. The van der Waals surface area contributed by atoms with Crippen LogP contribution >= 0.6 is 0 Å². The maximum Gasteiger partial charge on any atom is 0.0166 e. The minimum absolute atomic E-state index is 0.354. The van der Waals surface area contributed by atoms with E-state index in [4.69, 9.17) is 0 Å². The van der Waals surface area contributed by atoms with Gasteiger partial charge in [0.1, 0.15) is 0 Å². The Morgan fingerprint density at radius 2 is 0.882 bits per heavy atom. The van der Waals surface area contributed by atoms with Crippen molar-refractivity contribution in [2.24, 2.45) is 0 Å². The van der Waals surface area contributed by atoms with E-state index >= 15 is 0 Å². The quantitative estimate of drug-likeness (QED) is 0.276. The lowest BCUT2D eigenvalue weighted by Gasteiger charge is -2.02. The van der Waals surface area contributed by atoms with E-state index in [-0.39, 0.29) is 0 Å². The summed E-state index contributed by atoms with van der Waals surface area (Å²) in [6, 6.07) is 1.58. The first-order chi connectivity index (χ1) is 8.41. The lowest BCUT2D eigenvalue weighted by atomic mass is 10.1. The van der Waals surface area contributed by atoms with Crippen LogP contribution in [0.2, 0.25) is 12.6 Å². The van der Waals surface area contributed by atoms with Gasteiger partial charge < -0.3 is 0 Å². The third kappa shape index (κ3) is 16.2. The Labute approximate surface area is 113 Å². The Hall–Kier alpha value is 0.217. The summed E-state index contributed by atoms with van der Waals surface area (Å²) < 4.78 is 0. The van der Waals surface area contributed by atoms with Crippen molar-refractivity contribution in [3.05, 3.63) is 0 Å². The van der Waals surface area contributed by atoms with E-state index in [1.54, 1.807) is 6.04 Å². The van der Waals surface area contributed by atoms with Crippen molar-refractivity contribution in [2.45, 2.75) is 103 Å². The van der Waals surface area contributed by atoms with Gasteiger partial charge in [-0.1, -0.05) is 103 Å². The predicted octanol–water partition coefficient (Wildman–Crippen LogP) is 5.71. The van der Waals surface area contributed by atoms with Crippen molar-refractivity contribution in [3.63, 3.8) is 0 Å². The molecule has 1 heteroatoms. The summed E-state index contributed by atoms with van der Waals surface area (Å²) in [5, 5.41) is 0. The lowest BCUT2D eigenvalue weighted by Crippen LogP contribution is -1.84. The molecule has 0 spiro atoms. The van der Waals surface area contributed by atoms with E-state index < -0.39 is 0 Å². The third-order valence-electron chi connectivity index (χ3n) is 3.71. The summed E-state index contributed by atoms with van der Waals surface area (Å²) in [5.74, 6) is 0. The maximum atomic E-state index is 2.43.